The lowest BCUT2D eigenvalue weighted by Gasteiger charge is -2.17. The molecule has 0 aliphatic heterocycles. The first kappa shape index (κ1) is 22.7. The fraction of sp³-hybridized carbons (Fsp3) is 0. The second-order valence-electron chi connectivity index (χ2n) is 10.4. The molecule has 8 aromatic rings. The maximum Gasteiger partial charge on any atom is 0.0721 e. The number of aromatic nitrogens is 1. The zero-order chi connectivity index (χ0) is 26.5. The highest BCUT2D eigenvalue weighted by atomic mass is 14.7. The molecule has 0 atom stereocenters. The number of benzene rings is 7. The van der Waals surface area contributed by atoms with E-state index in [4.69, 9.17) is 4.98 Å². The molecule has 0 amide bonds. The Bertz CT molecular complexity index is 2070. The fourth-order valence-electron chi connectivity index (χ4n) is 6.12. The van der Waals surface area contributed by atoms with Crippen molar-refractivity contribution in [1.29, 1.82) is 0 Å². The summed E-state index contributed by atoms with van der Waals surface area (Å²) in [6, 6.07) is 54.3. The van der Waals surface area contributed by atoms with Crippen molar-refractivity contribution in [2.24, 2.45) is 0 Å². The van der Waals surface area contributed by atoms with Crippen molar-refractivity contribution >= 4 is 32.3 Å². The normalized spacial score (nSPS) is 11.5. The van der Waals surface area contributed by atoms with Gasteiger partial charge < -0.3 is 0 Å². The quantitative estimate of drug-likeness (QED) is 0.216. The monoisotopic (exact) mass is 507 g/mol. The van der Waals surface area contributed by atoms with E-state index in [0.29, 0.717) is 0 Å². The van der Waals surface area contributed by atoms with Crippen LogP contribution in [0.5, 0.6) is 0 Å². The van der Waals surface area contributed by atoms with Crippen molar-refractivity contribution in [2.75, 3.05) is 0 Å². The van der Waals surface area contributed by atoms with Gasteiger partial charge in [-0.25, -0.2) is 4.98 Å². The standard InChI is InChI=1S/C39H25N/c1-4-10-26(11-5-1)31-24-36(28-14-8-3-9-15-28)40-37(25-31)33-21-17-30-18-22-34-32(27-12-6-2-7-13-27)20-16-29-19-23-35(33)39(30)38(29)34/h1-25H. The summed E-state index contributed by atoms with van der Waals surface area (Å²) in [5.41, 5.74) is 9.10. The van der Waals surface area contributed by atoms with Crippen LogP contribution in [0.15, 0.2) is 152 Å². The van der Waals surface area contributed by atoms with Crippen LogP contribution in [0.25, 0.3) is 77.1 Å². The lowest BCUT2D eigenvalue weighted by Crippen LogP contribution is -1.93. The minimum Gasteiger partial charge on any atom is -0.248 e. The van der Waals surface area contributed by atoms with Gasteiger partial charge in [0.2, 0.25) is 0 Å². The van der Waals surface area contributed by atoms with Crippen molar-refractivity contribution in [3.05, 3.63) is 152 Å². The van der Waals surface area contributed by atoms with E-state index in [2.05, 4.69) is 152 Å². The third kappa shape index (κ3) is 3.67. The molecule has 0 aliphatic rings. The molecule has 7 aromatic carbocycles. The van der Waals surface area contributed by atoms with Crippen molar-refractivity contribution in [1.82, 2.24) is 4.98 Å². The summed E-state index contributed by atoms with van der Waals surface area (Å²) in [5, 5.41) is 7.66. The van der Waals surface area contributed by atoms with E-state index in [-0.39, 0.29) is 0 Å². The maximum atomic E-state index is 5.25. The molecule has 0 bridgehead atoms. The molecule has 40 heavy (non-hydrogen) atoms. The Balaban J connectivity index is 1.41. The molecule has 0 N–H and O–H groups in total. The van der Waals surface area contributed by atoms with Gasteiger partial charge in [-0.05, 0) is 66.7 Å². The highest BCUT2D eigenvalue weighted by Gasteiger charge is 2.16. The second-order valence-corrected chi connectivity index (χ2v) is 10.4. The molecule has 0 saturated heterocycles. The lowest BCUT2D eigenvalue weighted by atomic mass is 9.87. The molecule has 0 unspecified atom stereocenters. The van der Waals surface area contributed by atoms with E-state index in [9.17, 15) is 0 Å². The Morgan fingerprint density at radius 1 is 0.325 bits per heavy atom. The topological polar surface area (TPSA) is 12.9 Å². The predicted molar refractivity (Wildman–Crippen MR) is 170 cm³/mol. The molecule has 1 heteroatoms. The Labute approximate surface area is 233 Å². The summed E-state index contributed by atoms with van der Waals surface area (Å²) >= 11 is 0. The third-order valence-electron chi connectivity index (χ3n) is 8.03. The largest absolute Gasteiger partial charge is 0.248 e. The summed E-state index contributed by atoms with van der Waals surface area (Å²) in [4.78, 5) is 5.25. The van der Waals surface area contributed by atoms with Crippen LogP contribution in [0.4, 0.5) is 0 Å². The molecule has 0 aliphatic carbocycles. The number of hydrogen-bond acceptors (Lipinski definition) is 1. The summed E-state index contributed by atoms with van der Waals surface area (Å²) in [7, 11) is 0. The Hall–Kier alpha value is -5.27. The molecule has 186 valence electrons. The molecule has 0 saturated carbocycles. The van der Waals surface area contributed by atoms with E-state index >= 15 is 0 Å². The SMILES string of the molecule is c1ccc(-c2cc(-c3ccccc3)nc(-c3ccc4ccc5c(-c6ccccc6)ccc6ccc3c4c65)c2)cc1. The predicted octanol–water partition coefficient (Wildman–Crippen LogP) is 10.6. The average molecular weight is 508 g/mol. The Morgan fingerprint density at radius 2 is 0.800 bits per heavy atom. The molecule has 1 aromatic heterocycles. The highest BCUT2D eigenvalue weighted by Crippen LogP contribution is 2.42. The summed E-state index contributed by atoms with van der Waals surface area (Å²) < 4.78 is 0. The first-order valence-electron chi connectivity index (χ1n) is 13.7. The van der Waals surface area contributed by atoms with Gasteiger partial charge in [0.05, 0.1) is 11.4 Å². The molecule has 1 heterocycles. The van der Waals surface area contributed by atoms with Gasteiger partial charge in [-0.15, -0.1) is 0 Å². The van der Waals surface area contributed by atoms with Crippen LogP contribution in [-0.2, 0) is 0 Å². The van der Waals surface area contributed by atoms with Crippen molar-refractivity contribution in [2.45, 2.75) is 0 Å². The third-order valence-corrected chi connectivity index (χ3v) is 8.03. The lowest BCUT2D eigenvalue weighted by molar-refractivity contribution is 1.33. The van der Waals surface area contributed by atoms with E-state index in [0.717, 1.165) is 22.5 Å². The molecule has 0 spiro atoms. The van der Waals surface area contributed by atoms with Gasteiger partial charge in [0.25, 0.3) is 0 Å². The van der Waals surface area contributed by atoms with Crippen molar-refractivity contribution in [3.63, 3.8) is 0 Å². The minimum atomic E-state index is 0.981. The molecular weight excluding hydrogens is 482 g/mol. The molecule has 0 fully saturated rings. The average Bonchev–Trinajstić information content (AvgIpc) is 3.04. The van der Waals surface area contributed by atoms with Gasteiger partial charge in [-0.2, -0.15) is 0 Å². The first-order valence-corrected chi connectivity index (χ1v) is 13.7. The van der Waals surface area contributed by atoms with Crippen LogP contribution in [0.2, 0.25) is 0 Å². The number of pyridine rings is 1. The van der Waals surface area contributed by atoms with Gasteiger partial charge in [0.1, 0.15) is 0 Å². The highest BCUT2D eigenvalue weighted by molar-refractivity contribution is 6.27. The smallest absolute Gasteiger partial charge is 0.0721 e. The van der Waals surface area contributed by atoms with Gasteiger partial charge in [-0.1, -0.05) is 140 Å². The minimum absolute atomic E-state index is 0.981. The molecule has 0 radical (unpaired) electrons. The van der Waals surface area contributed by atoms with Crippen LogP contribution in [0.3, 0.4) is 0 Å². The second kappa shape index (κ2) is 9.18. The van der Waals surface area contributed by atoms with Crippen LogP contribution in [0.1, 0.15) is 0 Å². The number of rotatable bonds is 4. The van der Waals surface area contributed by atoms with E-state index < -0.39 is 0 Å². The fourth-order valence-corrected chi connectivity index (χ4v) is 6.12. The van der Waals surface area contributed by atoms with Crippen LogP contribution in [0, 0.1) is 0 Å². The van der Waals surface area contributed by atoms with Crippen LogP contribution < -0.4 is 0 Å². The van der Waals surface area contributed by atoms with Crippen molar-refractivity contribution in [3.8, 4) is 44.8 Å². The van der Waals surface area contributed by atoms with E-state index in [1.54, 1.807) is 0 Å². The zero-order valence-electron chi connectivity index (χ0n) is 21.9. The van der Waals surface area contributed by atoms with E-state index in [1.807, 2.05) is 0 Å². The zero-order valence-corrected chi connectivity index (χ0v) is 21.9. The van der Waals surface area contributed by atoms with Gasteiger partial charge in [0.15, 0.2) is 0 Å². The van der Waals surface area contributed by atoms with Gasteiger partial charge in [-0.3, -0.25) is 0 Å². The molecule has 8 rings (SSSR count). The van der Waals surface area contributed by atoms with Crippen molar-refractivity contribution < 1.29 is 0 Å². The summed E-state index contributed by atoms with van der Waals surface area (Å²) in [6.45, 7) is 0. The summed E-state index contributed by atoms with van der Waals surface area (Å²) in [6.07, 6.45) is 0. The van der Waals surface area contributed by atoms with Crippen LogP contribution >= 0.6 is 0 Å². The first-order chi connectivity index (χ1) is 19.8. The number of nitrogens with zero attached hydrogens (tertiary/aromatic N) is 1. The summed E-state index contributed by atoms with van der Waals surface area (Å²) in [5.74, 6) is 0. The molecule has 1 nitrogen and oxygen atoms in total. The van der Waals surface area contributed by atoms with Gasteiger partial charge >= 0.3 is 0 Å². The van der Waals surface area contributed by atoms with Gasteiger partial charge in [0, 0.05) is 11.1 Å². The number of hydrogen-bond donors (Lipinski definition) is 0. The van der Waals surface area contributed by atoms with E-state index in [1.165, 1.54) is 54.6 Å². The Morgan fingerprint density at radius 3 is 1.43 bits per heavy atom. The van der Waals surface area contributed by atoms with Crippen LogP contribution in [-0.4, -0.2) is 4.98 Å². The maximum absolute atomic E-state index is 5.25. The molecular formula is C39H25N. The Kier molecular flexibility index (Phi) is 5.21.